The molecule has 0 spiro atoms. The molecule has 1 aliphatic heterocycles. The number of thiazole rings is 1. The van der Waals surface area contributed by atoms with Crippen LogP contribution in [-0.2, 0) is 6.54 Å². The minimum Gasteiger partial charge on any atom is -0.392 e. The van der Waals surface area contributed by atoms with E-state index in [0.717, 1.165) is 38.2 Å². The fraction of sp³-hybridized carbons (Fsp3) is 0.667. The molecule has 1 aliphatic rings. The van der Waals surface area contributed by atoms with Gasteiger partial charge in [-0.25, -0.2) is 4.98 Å². The lowest BCUT2D eigenvalue weighted by molar-refractivity contribution is 0.0663. The van der Waals surface area contributed by atoms with Gasteiger partial charge in [0.1, 0.15) is 0 Å². The van der Waals surface area contributed by atoms with Crippen molar-refractivity contribution < 1.29 is 5.11 Å². The summed E-state index contributed by atoms with van der Waals surface area (Å²) in [5, 5.41) is 11.5. The van der Waals surface area contributed by atoms with Crippen molar-refractivity contribution in [2.75, 3.05) is 13.1 Å². The van der Waals surface area contributed by atoms with Crippen LogP contribution in [0.1, 0.15) is 18.5 Å². The quantitative estimate of drug-likeness (QED) is 0.773. The van der Waals surface area contributed by atoms with Crippen LogP contribution in [0, 0.1) is 0 Å². The number of likely N-dealkylation sites (tertiary alicyclic amines) is 1. The van der Waals surface area contributed by atoms with E-state index < -0.39 is 0 Å². The van der Waals surface area contributed by atoms with E-state index in [1.165, 1.54) is 0 Å². The Balaban J connectivity index is 1.87. The van der Waals surface area contributed by atoms with Gasteiger partial charge in [0.05, 0.1) is 17.3 Å². The van der Waals surface area contributed by atoms with Crippen molar-refractivity contribution in [2.45, 2.75) is 25.5 Å². The second kappa shape index (κ2) is 4.17. The van der Waals surface area contributed by atoms with Crippen molar-refractivity contribution in [1.29, 1.82) is 0 Å². The van der Waals surface area contributed by atoms with Crippen molar-refractivity contribution in [1.82, 2.24) is 9.88 Å². The summed E-state index contributed by atoms with van der Waals surface area (Å²) in [6.45, 7) is 2.78. The van der Waals surface area contributed by atoms with Crippen molar-refractivity contribution in [2.24, 2.45) is 0 Å². The molecule has 0 radical (unpaired) electrons. The number of rotatable bonds is 2. The van der Waals surface area contributed by atoms with Gasteiger partial charge in [0, 0.05) is 18.5 Å². The van der Waals surface area contributed by atoms with E-state index in [9.17, 15) is 5.11 Å². The largest absolute Gasteiger partial charge is 0.392 e. The zero-order chi connectivity index (χ0) is 9.10. The van der Waals surface area contributed by atoms with Gasteiger partial charge in [-0.3, -0.25) is 4.90 Å². The summed E-state index contributed by atoms with van der Waals surface area (Å²) < 4.78 is 0. The molecule has 1 aromatic heterocycles. The third kappa shape index (κ3) is 2.49. The van der Waals surface area contributed by atoms with E-state index in [0.29, 0.717) is 0 Å². The van der Waals surface area contributed by atoms with Crippen molar-refractivity contribution in [3.05, 3.63) is 16.6 Å². The van der Waals surface area contributed by atoms with Gasteiger partial charge in [-0.05, 0) is 19.4 Å². The van der Waals surface area contributed by atoms with Gasteiger partial charge in [-0.2, -0.15) is 0 Å². The number of hydrogen-bond donors (Lipinski definition) is 1. The van der Waals surface area contributed by atoms with E-state index in [2.05, 4.69) is 15.3 Å². The van der Waals surface area contributed by atoms with Crippen molar-refractivity contribution >= 4 is 11.3 Å². The third-order valence-corrected chi connectivity index (χ3v) is 2.98. The maximum absolute atomic E-state index is 9.45. The molecule has 13 heavy (non-hydrogen) atoms. The van der Waals surface area contributed by atoms with Crippen molar-refractivity contribution in [3.63, 3.8) is 0 Å². The molecule has 1 saturated heterocycles. The number of hydrogen-bond acceptors (Lipinski definition) is 4. The van der Waals surface area contributed by atoms with E-state index in [-0.39, 0.29) is 6.10 Å². The molecule has 0 saturated carbocycles. The molecular formula is C9H14N2OS. The molecule has 4 heteroatoms. The van der Waals surface area contributed by atoms with E-state index in [1.807, 2.05) is 5.51 Å². The van der Waals surface area contributed by atoms with Crippen LogP contribution in [0.15, 0.2) is 10.9 Å². The number of β-amino-alcohol motifs (C(OH)–C–C–N with tert-alkyl or cyclic N) is 1. The molecule has 1 N–H and O–H groups in total. The molecule has 0 amide bonds. The van der Waals surface area contributed by atoms with E-state index in [1.54, 1.807) is 11.3 Å². The predicted octanol–water partition coefficient (Wildman–Crippen LogP) is 1.10. The lowest BCUT2D eigenvalue weighted by Crippen LogP contribution is -2.37. The highest BCUT2D eigenvalue weighted by atomic mass is 32.1. The summed E-state index contributed by atoms with van der Waals surface area (Å²) in [5.74, 6) is 0. The summed E-state index contributed by atoms with van der Waals surface area (Å²) in [4.78, 5) is 6.50. The monoisotopic (exact) mass is 198 g/mol. The Bertz CT molecular complexity index is 250. The number of aromatic nitrogens is 1. The Morgan fingerprint density at radius 3 is 3.31 bits per heavy atom. The van der Waals surface area contributed by atoms with Gasteiger partial charge in [-0.15, -0.1) is 11.3 Å². The molecule has 3 nitrogen and oxygen atoms in total. The van der Waals surface area contributed by atoms with E-state index in [4.69, 9.17) is 0 Å². The second-order valence-corrected chi connectivity index (χ2v) is 4.23. The lowest BCUT2D eigenvalue weighted by Gasteiger charge is -2.29. The fourth-order valence-electron chi connectivity index (χ4n) is 1.72. The van der Waals surface area contributed by atoms with Crippen LogP contribution >= 0.6 is 11.3 Å². The molecule has 0 aliphatic carbocycles. The molecule has 2 heterocycles. The average molecular weight is 198 g/mol. The Kier molecular flexibility index (Phi) is 2.93. The molecule has 0 aromatic carbocycles. The molecule has 1 aromatic rings. The van der Waals surface area contributed by atoms with Gasteiger partial charge in [0.25, 0.3) is 0 Å². The molecule has 0 bridgehead atoms. The molecule has 1 fully saturated rings. The summed E-state index contributed by atoms with van der Waals surface area (Å²) in [6, 6.07) is 0. The molecule has 1 atom stereocenters. The first kappa shape index (κ1) is 9.12. The standard InChI is InChI=1S/C9H14N2OS/c12-9-2-1-3-11(5-9)4-8-6-13-7-10-8/h6-7,9,12H,1-5H2/t9-/m1/s1. The Hall–Kier alpha value is -0.450. The number of aliphatic hydroxyl groups excluding tert-OH is 1. The second-order valence-electron chi connectivity index (χ2n) is 3.51. The van der Waals surface area contributed by atoms with Gasteiger partial charge >= 0.3 is 0 Å². The van der Waals surface area contributed by atoms with Crippen LogP contribution in [0.4, 0.5) is 0 Å². The Morgan fingerprint density at radius 1 is 1.69 bits per heavy atom. The summed E-state index contributed by atoms with van der Waals surface area (Å²) in [7, 11) is 0. The number of aliphatic hydroxyl groups is 1. The summed E-state index contributed by atoms with van der Waals surface area (Å²) in [6.07, 6.45) is 1.92. The minimum absolute atomic E-state index is 0.132. The first-order valence-electron chi connectivity index (χ1n) is 4.62. The van der Waals surface area contributed by atoms with Crippen LogP contribution in [0.5, 0.6) is 0 Å². The lowest BCUT2D eigenvalue weighted by atomic mass is 10.1. The number of piperidine rings is 1. The van der Waals surface area contributed by atoms with Crippen molar-refractivity contribution in [3.8, 4) is 0 Å². The Morgan fingerprint density at radius 2 is 2.62 bits per heavy atom. The van der Waals surface area contributed by atoms with Crippen LogP contribution in [0.25, 0.3) is 0 Å². The third-order valence-electron chi connectivity index (χ3n) is 2.35. The normalized spacial score (nSPS) is 24.8. The van der Waals surface area contributed by atoms with Crippen LogP contribution < -0.4 is 0 Å². The van der Waals surface area contributed by atoms with Crippen LogP contribution in [0.2, 0.25) is 0 Å². The van der Waals surface area contributed by atoms with Crippen LogP contribution in [0.3, 0.4) is 0 Å². The molecule has 2 rings (SSSR count). The average Bonchev–Trinajstić information content (AvgIpc) is 2.57. The first-order valence-corrected chi connectivity index (χ1v) is 5.56. The summed E-state index contributed by atoms with van der Waals surface area (Å²) in [5.41, 5.74) is 2.98. The molecular weight excluding hydrogens is 184 g/mol. The van der Waals surface area contributed by atoms with E-state index >= 15 is 0 Å². The SMILES string of the molecule is O[C@@H]1CCCN(Cc2cscn2)C1. The topological polar surface area (TPSA) is 36.4 Å². The summed E-state index contributed by atoms with van der Waals surface area (Å²) >= 11 is 1.63. The molecule has 0 unspecified atom stereocenters. The minimum atomic E-state index is -0.132. The number of nitrogens with zero attached hydrogens (tertiary/aromatic N) is 2. The fourth-order valence-corrected chi connectivity index (χ4v) is 2.27. The predicted molar refractivity (Wildman–Crippen MR) is 52.6 cm³/mol. The highest BCUT2D eigenvalue weighted by molar-refractivity contribution is 7.07. The van der Waals surface area contributed by atoms with Gasteiger partial charge in [0.2, 0.25) is 0 Å². The van der Waals surface area contributed by atoms with Gasteiger partial charge < -0.3 is 5.11 Å². The maximum Gasteiger partial charge on any atom is 0.0795 e. The maximum atomic E-state index is 9.45. The highest BCUT2D eigenvalue weighted by Gasteiger charge is 2.17. The zero-order valence-corrected chi connectivity index (χ0v) is 8.33. The van der Waals surface area contributed by atoms with Gasteiger partial charge in [-0.1, -0.05) is 0 Å². The zero-order valence-electron chi connectivity index (χ0n) is 7.52. The first-order chi connectivity index (χ1) is 6.34. The molecule has 72 valence electrons. The van der Waals surface area contributed by atoms with Gasteiger partial charge in [0.15, 0.2) is 0 Å². The smallest absolute Gasteiger partial charge is 0.0795 e. The highest BCUT2D eigenvalue weighted by Crippen LogP contribution is 2.13. The van der Waals surface area contributed by atoms with Crippen LogP contribution in [-0.4, -0.2) is 34.2 Å². The Labute approximate surface area is 82.0 Å².